The van der Waals surface area contributed by atoms with Crippen LogP contribution in [0.4, 0.5) is 0 Å². The molecule has 0 aromatic carbocycles. The van der Waals surface area contributed by atoms with Gasteiger partial charge in [0.25, 0.3) is 0 Å². The molecule has 0 aliphatic heterocycles. The lowest BCUT2D eigenvalue weighted by Gasteiger charge is -1.95. The molecule has 0 atom stereocenters. The highest BCUT2D eigenvalue weighted by molar-refractivity contribution is 5.37. The lowest BCUT2D eigenvalue weighted by atomic mass is 10.1. The Morgan fingerprint density at radius 3 is 1.33 bits per heavy atom. The van der Waals surface area contributed by atoms with E-state index in [-0.39, 0.29) is 0 Å². The van der Waals surface area contributed by atoms with Crippen LogP contribution in [-0.4, -0.2) is 0 Å². The summed E-state index contributed by atoms with van der Waals surface area (Å²) in [4.78, 5) is 0. The quantitative estimate of drug-likeness (QED) is 0.383. The molecular weight excluding hydrogens is 216 g/mol. The second kappa shape index (κ2) is 24.8. The van der Waals surface area contributed by atoms with Crippen molar-refractivity contribution in [3.8, 4) is 0 Å². The Labute approximate surface area is 117 Å². The average Bonchev–Trinajstić information content (AvgIpc) is 2.40. The number of allylic oxidation sites excluding steroid dienone is 6. The molecule has 0 spiro atoms. The van der Waals surface area contributed by atoms with E-state index in [1.165, 1.54) is 0 Å². The predicted octanol–water partition coefficient (Wildman–Crippen LogP) is 6.74. The number of hydrogen-bond acceptors (Lipinski definition) is 0. The van der Waals surface area contributed by atoms with Crippen LogP contribution < -0.4 is 0 Å². The first-order valence-electron chi connectivity index (χ1n) is 6.73. The van der Waals surface area contributed by atoms with Crippen LogP contribution >= 0.6 is 0 Å². The zero-order valence-electron chi connectivity index (χ0n) is 13.7. The van der Waals surface area contributed by atoms with Gasteiger partial charge < -0.3 is 0 Å². The zero-order valence-corrected chi connectivity index (χ0v) is 13.7. The van der Waals surface area contributed by atoms with E-state index in [0.717, 1.165) is 11.1 Å². The van der Waals surface area contributed by atoms with E-state index < -0.39 is 0 Å². The minimum atomic E-state index is 0.648. The first kappa shape index (κ1) is 25.5. The van der Waals surface area contributed by atoms with Gasteiger partial charge in [0, 0.05) is 0 Å². The van der Waals surface area contributed by atoms with Gasteiger partial charge >= 0.3 is 0 Å². The normalized spacial score (nSPS) is 8.33. The van der Waals surface area contributed by atoms with Crippen LogP contribution in [-0.2, 0) is 0 Å². The summed E-state index contributed by atoms with van der Waals surface area (Å²) in [6.45, 7) is 28.7. The fourth-order valence-electron chi connectivity index (χ4n) is 0.511. The van der Waals surface area contributed by atoms with Gasteiger partial charge in [0.15, 0.2) is 0 Å². The molecule has 0 saturated heterocycles. The van der Waals surface area contributed by atoms with Crippen molar-refractivity contribution in [2.24, 2.45) is 5.92 Å². The van der Waals surface area contributed by atoms with Gasteiger partial charge in [-0.1, -0.05) is 91.2 Å². The highest BCUT2D eigenvalue weighted by Crippen LogP contribution is 2.06. The summed E-state index contributed by atoms with van der Waals surface area (Å²) < 4.78 is 0. The van der Waals surface area contributed by atoms with Crippen LogP contribution in [0.3, 0.4) is 0 Å². The molecule has 0 amide bonds. The molecular formula is C18H34. The van der Waals surface area contributed by atoms with Crippen LogP contribution in [0.15, 0.2) is 61.8 Å². The minimum absolute atomic E-state index is 0.648. The van der Waals surface area contributed by atoms with E-state index in [4.69, 9.17) is 0 Å². The summed E-state index contributed by atoms with van der Waals surface area (Å²) in [5.74, 6) is 0.648. The molecule has 0 aromatic heterocycles. The molecule has 0 heterocycles. The Kier molecular flexibility index (Phi) is 35.1. The summed E-state index contributed by atoms with van der Waals surface area (Å²) in [6.07, 6.45) is 7.30. The first-order valence-corrected chi connectivity index (χ1v) is 6.73. The van der Waals surface area contributed by atoms with Crippen LogP contribution in [0.2, 0.25) is 0 Å². The van der Waals surface area contributed by atoms with Gasteiger partial charge in [-0.2, -0.15) is 0 Å². The van der Waals surface area contributed by atoms with E-state index in [9.17, 15) is 0 Å². The maximum atomic E-state index is 3.76. The molecule has 0 fully saturated rings. The predicted molar refractivity (Wildman–Crippen MR) is 91.0 cm³/mol. The molecule has 0 aromatic rings. The Balaban J connectivity index is -0.0000000925. The van der Waals surface area contributed by atoms with Crippen molar-refractivity contribution in [3.05, 3.63) is 61.8 Å². The molecule has 18 heavy (non-hydrogen) atoms. The zero-order chi connectivity index (χ0) is 15.6. The van der Waals surface area contributed by atoms with Gasteiger partial charge in [0.2, 0.25) is 0 Å². The van der Waals surface area contributed by atoms with Gasteiger partial charge in [-0.05, 0) is 18.4 Å². The molecule has 0 N–H and O–H groups in total. The molecule has 0 aliphatic rings. The van der Waals surface area contributed by atoms with Crippen LogP contribution in [0, 0.1) is 5.92 Å². The van der Waals surface area contributed by atoms with Crippen molar-refractivity contribution in [1.82, 2.24) is 0 Å². The van der Waals surface area contributed by atoms with Crippen LogP contribution in [0.1, 0.15) is 48.5 Å². The molecule has 0 aliphatic carbocycles. The molecule has 0 unspecified atom stereocenters. The van der Waals surface area contributed by atoms with Crippen molar-refractivity contribution in [2.75, 3.05) is 0 Å². The van der Waals surface area contributed by atoms with E-state index in [1.807, 2.05) is 46.8 Å². The Morgan fingerprint density at radius 2 is 1.28 bits per heavy atom. The van der Waals surface area contributed by atoms with E-state index in [0.29, 0.717) is 5.92 Å². The number of rotatable bonds is 4. The molecule has 106 valence electrons. The maximum Gasteiger partial charge on any atom is -0.0239 e. The highest BCUT2D eigenvalue weighted by atomic mass is 13.9. The summed E-state index contributed by atoms with van der Waals surface area (Å²) in [7, 11) is 0. The molecule has 0 saturated carbocycles. The van der Waals surface area contributed by atoms with Crippen molar-refractivity contribution in [2.45, 2.75) is 48.5 Å². The third kappa shape index (κ3) is 29.3. The molecule has 0 rings (SSSR count). The topological polar surface area (TPSA) is 0 Å². The van der Waals surface area contributed by atoms with Crippen molar-refractivity contribution in [1.29, 1.82) is 0 Å². The van der Waals surface area contributed by atoms with Crippen molar-refractivity contribution in [3.63, 3.8) is 0 Å². The second-order valence-electron chi connectivity index (χ2n) is 3.32. The van der Waals surface area contributed by atoms with Crippen molar-refractivity contribution < 1.29 is 0 Å². The fourth-order valence-corrected chi connectivity index (χ4v) is 0.511. The molecule has 0 nitrogen and oxygen atoms in total. The monoisotopic (exact) mass is 250 g/mol. The van der Waals surface area contributed by atoms with Gasteiger partial charge in [0.1, 0.15) is 0 Å². The first-order chi connectivity index (χ1) is 8.49. The van der Waals surface area contributed by atoms with Crippen LogP contribution in [0.5, 0.6) is 0 Å². The standard InChI is InChI=1S/C9H12.C5H10.2C2H6/c1-5-7-9(6-2)8(3)4;1-4-5(2)3;2*1-2/h5-7H,1-3H2,4H3;4-5H,1H2,2-3H3;2*1-2H3/b9-7+;;;. The largest absolute Gasteiger partial charge is 0.103 e. The fraction of sp³-hybridized carbons (Fsp3) is 0.444. The third-order valence-corrected chi connectivity index (χ3v) is 1.48. The smallest absolute Gasteiger partial charge is 0.0239 e. The minimum Gasteiger partial charge on any atom is -0.103 e. The maximum absolute atomic E-state index is 3.76. The van der Waals surface area contributed by atoms with E-state index in [2.05, 4.69) is 40.2 Å². The lowest BCUT2D eigenvalue weighted by Crippen LogP contribution is -1.74. The third-order valence-electron chi connectivity index (χ3n) is 1.48. The van der Waals surface area contributed by atoms with E-state index in [1.54, 1.807) is 12.2 Å². The second-order valence-corrected chi connectivity index (χ2v) is 3.32. The summed E-state index contributed by atoms with van der Waals surface area (Å²) >= 11 is 0. The lowest BCUT2D eigenvalue weighted by molar-refractivity contribution is 0.835. The SMILES string of the molecule is C=C/C=C(\C=C)C(=C)C.C=CC(C)C.CC.CC. The highest BCUT2D eigenvalue weighted by Gasteiger charge is 1.86. The van der Waals surface area contributed by atoms with E-state index >= 15 is 0 Å². The molecule has 0 radical (unpaired) electrons. The summed E-state index contributed by atoms with van der Waals surface area (Å²) in [5.41, 5.74) is 2.06. The Hall–Kier alpha value is -1.30. The summed E-state index contributed by atoms with van der Waals surface area (Å²) in [6, 6.07) is 0. The Morgan fingerprint density at radius 1 is 0.944 bits per heavy atom. The summed E-state index contributed by atoms with van der Waals surface area (Å²) in [5, 5.41) is 0. The van der Waals surface area contributed by atoms with Gasteiger partial charge in [-0.3, -0.25) is 0 Å². The average molecular weight is 250 g/mol. The van der Waals surface area contributed by atoms with Gasteiger partial charge in [-0.25, -0.2) is 0 Å². The van der Waals surface area contributed by atoms with Crippen LogP contribution in [0.25, 0.3) is 0 Å². The van der Waals surface area contributed by atoms with Gasteiger partial charge in [-0.15, -0.1) is 6.58 Å². The molecule has 0 bridgehead atoms. The Bertz CT molecular complexity index is 226. The number of hydrogen-bond donors (Lipinski definition) is 0. The molecule has 0 heteroatoms. The van der Waals surface area contributed by atoms with Gasteiger partial charge in [0.05, 0.1) is 0 Å². The van der Waals surface area contributed by atoms with Crippen molar-refractivity contribution >= 4 is 0 Å².